The maximum Gasteiger partial charge on any atom is 0.563 e. The Balaban J connectivity index is 1.35. The third-order valence-electron chi connectivity index (χ3n) is 5.76. The van der Waals surface area contributed by atoms with Gasteiger partial charge in [-0.2, -0.15) is 0 Å². The highest BCUT2D eigenvalue weighted by molar-refractivity contribution is 7.47. The van der Waals surface area contributed by atoms with Crippen LogP contribution in [0.1, 0.15) is 29.7 Å². The molecule has 0 amide bonds. The number of hydrogen-bond donors (Lipinski definition) is 3. The van der Waals surface area contributed by atoms with E-state index in [1.165, 1.54) is 11.8 Å². The van der Waals surface area contributed by atoms with E-state index in [1.807, 2.05) is 0 Å². The summed E-state index contributed by atoms with van der Waals surface area (Å²) in [7, 11) is -3.20. The topological polar surface area (TPSA) is 133 Å². The van der Waals surface area contributed by atoms with Gasteiger partial charge in [-0.3, -0.25) is 15.2 Å². The zero-order chi connectivity index (χ0) is 24.0. The number of nitrogen functional groups attached to an aromatic ring is 1. The summed E-state index contributed by atoms with van der Waals surface area (Å²) in [6, 6.07) is 13.5. The summed E-state index contributed by atoms with van der Waals surface area (Å²) in [5.41, 5.74) is 9.64. The van der Waals surface area contributed by atoms with E-state index in [9.17, 15) is 9.46 Å². The van der Waals surface area contributed by atoms with Gasteiger partial charge in [-0.15, -0.1) is 0 Å². The Morgan fingerprint density at radius 3 is 2.71 bits per heavy atom. The summed E-state index contributed by atoms with van der Waals surface area (Å²) in [5, 5.41) is 7.68. The highest BCUT2D eigenvalue weighted by Crippen LogP contribution is 2.37. The quantitative estimate of drug-likeness (QED) is 0.290. The van der Waals surface area contributed by atoms with Crippen LogP contribution in [-0.4, -0.2) is 36.9 Å². The lowest BCUT2D eigenvalue weighted by Gasteiger charge is -2.22. The number of ether oxygens (including phenoxy) is 1. The van der Waals surface area contributed by atoms with Gasteiger partial charge in [-0.1, -0.05) is 29.4 Å². The van der Waals surface area contributed by atoms with Crippen LogP contribution >= 0.6 is 7.82 Å². The molecule has 0 bridgehead atoms. The number of phosphoric ester groups is 1. The first-order valence-electron chi connectivity index (χ1n) is 11.1. The van der Waals surface area contributed by atoms with Gasteiger partial charge in [0.25, 0.3) is 0 Å². The number of benzene rings is 1. The monoisotopic (exact) mass is 489 g/mol. The highest BCUT2D eigenvalue weighted by Gasteiger charge is 2.27. The number of anilines is 1. The molecule has 1 aromatic carbocycles. The molecular formula is C23H30N4O6P+. The molecule has 3 heterocycles. The fourth-order valence-electron chi connectivity index (χ4n) is 3.80. The average molecular weight is 489 g/mol. The van der Waals surface area contributed by atoms with Gasteiger partial charge < -0.3 is 14.6 Å². The minimum atomic E-state index is -4.27. The van der Waals surface area contributed by atoms with Gasteiger partial charge in [-0.05, 0) is 53.3 Å². The number of phosphoric acid groups is 1. The van der Waals surface area contributed by atoms with Crippen LogP contribution in [0.2, 0.25) is 0 Å². The lowest BCUT2D eigenvalue weighted by Crippen LogP contribution is -2.43. The van der Waals surface area contributed by atoms with Crippen LogP contribution in [-0.2, 0) is 26.8 Å². The van der Waals surface area contributed by atoms with E-state index in [0.717, 1.165) is 62.2 Å². The molecule has 1 atom stereocenters. The van der Waals surface area contributed by atoms with Crippen molar-refractivity contribution in [3.63, 3.8) is 0 Å². The van der Waals surface area contributed by atoms with Crippen molar-refractivity contribution in [1.82, 2.24) is 10.5 Å². The van der Waals surface area contributed by atoms with Gasteiger partial charge in [0.2, 0.25) is 0 Å². The minimum absolute atomic E-state index is 0.0779. The number of rotatable bonds is 10. The third kappa shape index (κ3) is 6.43. The Morgan fingerprint density at radius 1 is 1.24 bits per heavy atom. The largest absolute Gasteiger partial charge is 0.563 e. The molecule has 182 valence electrons. The predicted octanol–water partition coefficient (Wildman–Crippen LogP) is 2.49. The van der Waals surface area contributed by atoms with Crippen LogP contribution in [0.25, 0.3) is 11.3 Å². The molecule has 0 saturated carbocycles. The maximum absolute atomic E-state index is 11.7. The molecule has 3 aromatic rings. The number of nitrogens with two attached hydrogens (primary N) is 1. The Labute approximate surface area is 198 Å². The number of hydrogen-bond acceptors (Lipinski definition) is 8. The molecule has 1 saturated heterocycles. The van der Waals surface area contributed by atoms with Crippen molar-refractivity contribution in [2.75, 3.05) is 32.6 Å². The molecular weight excluding hydrogens is 459 g/mol. The van der Waals surface area contributed by atoms with E-state index < -0.39 is 7.82 Å². The SMILES string of the molecule is COP(=O)(O)O[n+]1cccc(-c2cc(Cc3ccc(CNCC4CCOCC4)cc3)no2)c1N. The van der Waals surface area contributed by atoms with E-state index in [0.29, 0.717) is 23.7 Å². The number of aromatic nitrogens is 2. The average Bonchev–Trinajstić information content (AvgIpc) is 3.30. The molecule has 2 aromatic heterocycles. The van der Waals surface area contributed by atoms with Crippen LogP contribution in [0.5, 0.6) is 0 Å². The summed E-state index contributed by atoms with van der Waals surface area (Å²) >= 11 is 0. The van der Waals surface area contributed by atoms with Crippen molar-refractivity contribution in [3.8, 4) is 11.3 Å². The second-order valence-corrected chi connectivity index (χ2v) is 9.69. The molecule has 11 heteroatoms. The predicted molar refractivity (Wildman–Crippen MR) is 124 cm³/mol. The van der Waals surface area contributed by atoms with Crippen molar-refractivity contribution >= 4 is 13.6 Å². The lowest BCUT2D eigenvalue weighted by molar-refractivity contribution is -0.848. The fourth-order valence-corrected chi connectivity index (χ4v) is 4.23. The Kier molecular flexibility index (Phi) is 7.97. The number of nitrogens with one attached hydrogen (secondary N) is 1. The van der Waals surface area contributed by atoms with E-state index in [2.05, 4.69) is 39.3 Å². The minimum Gasteiger partial charge on any atom is -0.381 e. The van der Waals surface area contributed by atoms with E-state index >= 15 is 0 Å². The zero-order valence-electron chi connectivity index (χ0n) is 19.1. The Hall–Kier alpha value is -2.75. The highest BCUT2D eigenvalue weighted by atomic mass is 31.2. The van der Waals surface area contributed by atoms with Crippen molar-refractivity contribution in [2.45, 2.75) is 25.8 Å². The van der Waals surface area contributed by atoms with Crippen LogP contribution in [0.4, 0.5) is 5.82 Å². The summed E-state index contributed by atoms with van der Waals surface area (Å²) in [5.74, 6) is 1.20. The summed E-state index contributed by atoms with van der Waals surface area (Å²) < 4.78 is 32.9. The lowest BCUT2D eigenvalue weighted by atomic mass is 10.0. The molecule has 1 aliphatic rings. The van der Waals surface area contributed by atoms with E-state index in [4.69, 9.17) is 19.6 Å². The Bertz CT molecular complexity index is 1130. The molecule has 1 fully saturated rings. The molecule has 1 aliphatic heterocycles. The van der Waals surface area contributed by atoms with Gasteiger partial charge in [0.15, 0.2) is 5.76 Å². The van der Waals surface area contributed by atoms with Crippen LogP contribution in [0.15, 0.2) is 53.2 Å². The van der Waals surface area contributed by atoms with Crippen molar-refractivity contribution in [3.05, 3.63) is 65.5 Å². The first-order chi connectivity index (χ1) is 16.4. The second-order valence-electron chi connectivity index (χ2n) is 8.23. The third-order valence-corrected chi connectivity index (χ3v) is 6.60. The van der Waals surface area contributed by atoms with Gasteiger partial charge in [-0.25, -0.2) is 9.19 Å². The molecule has 34 heavy (non-hydrogen) atoms. The first-order valence-corrected chi connectivity index (χ1v) is 12.6. The van der Waals surface area contributed by atoms with Crippen LogP contribution in [0.3, 0.4) is 0 Å². The van der Waals surface area contributed by atoms with Gasteiger partial charge >= 0.3 is 13.6 Å². The maximum atomic E-state index is 11.7. The molecule has 4 rings (SSSR count). The van der Waals surface area contributed by atoms with Crippen LogP contribution in [0, 0.1) is 5.92 Å². The molecule has 0 spiro atoms. The molecule has 0 aliphatic carbocycles. The molecule has 1 unspecified atom stereocenters. The van der Waals surface area contributed by atoms with Gasteiger partial charge in [0, 0.05) is 39.4 Å². The standard InChI is InChI=1S/C23H29N4O6P/c1-30-34(28,29)33-27-10-2-3-21(23(27)24)22-14-20(26-32-22)13-17-4-6-18(7-5-17)15-25-16-19-8-11-31-12-9-19/h2-7,10,14,19,24-25H,8-9,11-13,15-16H2,1H3,(H,28,29)/p+1. The summed E-state index contributed by atoms with van der Waals surface area (Å²) in [6.07, 6.45) is 4.25. The first kappa shape index (κ1) is 24.4. The second kappa shape index (κ2) is 11.1. The number of nitrogens with zero attached hydrogens (tertiary/aromatic N) is 2. The van der Waals surface area contributed by atoms with Gasteiger partial charge in [0.05, 0.1) is 5.69 Å². The molecule has 10 nitrogen and oxygen atoms in total. The zero-order valence-corrected chi connectivity index (χ0v) is 19.9. The number of pyridine rings is 1. The van der Waals surface area contributed by atoms with E-state index in [1.54, 1.807) is 18.2 Å². The van der Waals surface area contributed by atoms with Gasteiger partial charge in [0.1, 0.15) is 11.8 Å². The Morgan fingerprint density at radius 2 is 1.97 bits per heavy atom. The smallest absolute Gasteiger partial charge is 0.381 e. The molecule has 4 N–H and O–H groups in total. The van der Waals surface area contributed by atoms with Crippen molar-refractivity contribution < 1.29 is 32.6 Å². The normalized spacial score (nSPS) is 16.3. The van der Waals surface area contributed by atoms with Crippen LogP contribution < -0.4 is 20.4 Å². The van der Waals surface area contributed by atoms with E-state index in [-0.39, 0.29) is 5.82 Å². The van der Waals surface area contributed by atoms with Crippen molar-refractivity contribution in [2.24, 2.45) is 5.92 Å². The molecule has 0 radical (unpaired) electrons. The fraction of sp³-hybridized carbons (Fsp3) is 0.391. The summed E-state index contributed by atoms with van der Waals surface area (Å²) in [6.45, 7) is 3.59. The van der Waals surface area contributed by atoms with Crippen molar-refractivity contribution in [1.29, 1.82) is 0 Å². The summed E-state index contributed by atoms with van der Waals surface area (Å²) in [4.78, 5) is 9.55.